The van der Waals surface area contributed by atoms with Crippen LogP contribution >= 0.6 is 23.8 Å². The molecule has 1 aliphatic heterocycles. The Morgan fingerprint density at radius 1 is 1.06 bits per heavy atom. The third-order valence-electron chi connectivity index (χ3n) is 5.57. The van der Waals surface area contributed by atoms with E-state index in [1.54, 1.807) is 6.08 Å². The van der Waals surface area contributed by atoms with Gasteiger partial charge in [0.1, 0.15) is 5.57 Å². The summed E-state index contributed by atoms with van der Waals surface area (Å²) in [6.07, 6.45) is 2.37. The first kappa shape index (κ1) is 22.0. The van der Waals surface area contributed by atoms with Gasteiger partial charge in [-0.1, -0.05) is 36.7 Å². The molecule has 32 heavy (non-hydrogen) atoms. The molecule has 0 bridgehead atoms. The second kappa shape index (κ2) is 8.73. The highest BCUT2D eigenvalue weighted by Crippen LogP contribution is 2.28. The van der Waals surface area contributed by atoms with Gasteiger partial charge in [-0.15, -0.1) is 0 Å². The first-order chi connectivity index (χ1) is 15.3. The maximum atomic E-state index is 13.4. The summed E-state index contributed by atoms with van der Waals surface area (Å²) in [7, 11) is 0. The molecule has 0 spiro atoms. The van der Waals surface area contributed by atoms with E-state index in [4.69, 9.17) is 23.8 Å². The number of aryl methyl sites for hydroxylation is 2. The molecule has 0 atom stereocenters. The van der Waals surface area contributed by atoms with Gasteiger partial charge in [0.05, 0.1) is 5.69 Å². The van der Waals surface area contributed by atoms with Gasteiger partial charge in [0.15, 0.2) is 5.11 Å². The van der Waals surface area contributed by atoms with Crippen LogP contribution in [0.4, 0.5) is 5.69 Å². The van der Waals surface area contributed by atoms with E-state index >= 15 is 0 Å². The predicted octanol–water partition coefficient (Wildman–Crippen LogP) is 5.14. The van der Waals surface area contributed by atoms with Crippen molar-refractivity contribution in [2.75, 3.05) is 4.90 Å². The van der Waals surface area contributed by atoms with Crippen molar-refractivity contribution in [3.63, 3.8) is 0 Å². The number of amides is 2. The molecule has 5 nitrogen and oxygen atoms in total. The summed E-state index contributed by atoms with van der Waals surface area (Å²) >= 11 is 11.4. The number of carbonyl (C=O) groups excluding carboxylic acids is 2. The highest BCUT2D eigenvalue weighted by atomic mass is 35.5. The number of halogens is 1. The summed E-state index contributed by atoms with van der Waals surface area (Å²) in [5.74, 6) is -0.933. The number of aromatic nitrogens is 1. The van der Waals surface area contributed by atoms with Crippen LogP contribution in [0.15, 0.2) is 60.2 Å². The SMILES string of the molecule is CCc1ccccc1N1C(=O)/C(=C/c2cc(C)n(-c3ccc(Cl)cc3)c2C)C(=O)NC1=S. The van der Waals surface area contributed by atoms with Gasteiger partial charge in [0, 0.05) is 22.1 Å². The molecule has 2 heterocycles. The summed E-state index contributed by atoms with van der Waals surface area (Å²) in [6, 6.07) is 17.0. The normalized spacial score (nSPS) is 15.4. The summed E-state index contributed by atoms with van der Waals surface area (Å²) in [5.41, 5.74) is 5.32. The van der Waals surface area contributed by atoms with Crippen LogP contribution in [0.1, 0.15) is 29.4 Å². The van der Waals surface area contributed by atoms with Gasteiger partial charge >= 0.3 is 0 Å². The number of hydrogen-bond acceptors (Lipinski definition) is 3. The van der Waals surface area contributed by atoms with Gasteiger partial charge < -0.3 is 4.57 Å². The third kappa shape index (κ3) is 3.87. The van der Waals surface area contributed by atoms with Crippen LogP contribution in [-0.2, 0) is 16.0 Å². The van der Waals surface area contributed by atoms with Crippen LogP contribution in [0.2, 0.25) is 5.02 Å². The Labute approximate surface area is 197 Å². The number of benzene rings is 2. The van der Waals surface area contributed by atoms with Crippen LogP contribution < -0.4 is 10.2 Å². The molecule has 1 aromatic heterocycles. The van der Waals surface area contributed by atoms with Crippen molar-refractivity contribution in [2.24, 2.45) is 0 Å². The van der Waals surface area contributed by atoms with Gasteiger partial charge in [0.25, 0.3) is 11.8 Å². The maximum Gasteiger partial charge on any atom is 0.270 e. The molecule has 162 valence electrons. The summed E-state index contributed by atoms with van der Waals surface area (Å²) in [5, 5.41) is 3.41. The molecule has 1 N–H and O–H groups in total. The summed E-state index contributed by atoms with van der Waals surface area (Å²) < 4.78 is 2.06. The average molecular weight is 464 g/mol. The van der Waals surface area contributed by atoms with Crippen molar-refractivity contribution in [1.82, 2.24) is 9.88 Å². The Kier molecular flexibility index (Phi) is 6.00. The number of anilines is 1. The number of thiocarbonyl (C=S) groups is 1. The molecule has 3 aromatic rings. The smallest absolute Gasteiger partial charge is 0.270 e. The average Bonchev–Trinajstić information content (AvgIpc) is 3.05. The van der Waals surface area contributed by atoms with Gasteiger partial charge in [-0.25, -0.2) is 0 Å². The molecular weight excluding hydrogens is 442 g/mol. The number of hydrogen-bond donors (Lipinski definition) is 1. The Morgan fingerprint density at radius 3 is 2.44 bits per heavy atom. The number of rotatable bonds is 4. The van der Waals surface area contributed by atoms with Crippen molar-refractivity contribution < 1.29 is 9.59 Å². The van der Waals surface area contributed by atoms with Crippen LogP contribution in [0.3, 0.4) is 0 Å². The van der Waals surface area contributed by atoms with Crippen LogP contribution in [0.25, 0.3) is 11.8 Å². The number of nitrogens with one attached hydrogen (secondary N) is 1. The molecule has 1 aliphatic rings. The Balaban J connectivity index is 1.77. The van der Waals surface area contributed by atoms with Crippen LogP contribution in [0.5, 0.6) is 0 Å². The van der Waals surface area contributed by atoms with E-state index in [0.717, 1.165) is 34.6 Å². The molecule has 0 radical (unpaired) electrons. The fraction of sp³-hybridized carbons (Fsp3) is 0.160. The quantitative estimate of drug-likeness (QED) is 0.331. The lowest BCUT2D eigenvalue weighted by molar-refractivity contribution is -0.122. The first-order valence-corrected chi connectivity index (χ1v) is 11.0. The number of nitrogens with zero attached hydrogens (tertiary/aromatic N) is 2. The minimum Gasteiger partial charge on any atom is -0.318 e. The fourth-order valence-electron chi connectivity index (χ4n) is 3.98. The standard InChI is InChI=1S/C25H22ClN3O2S/c1-4-17-7-5-6-8-22(17)29-24(31)21(23(30)27-25(29)32)14-18-13-15(2)28(16(18)3)20-11-9-19(26)10-12-20/h5-14H,4H2,1-3H3,(H,27,30,32)/b21-14+. The molecule has 4 rings (SSSR count). The van der Waals surface area contributed by atoms with Crippen molar-refractivity contribution >= 4 is 52.5 Å². The summed E-state index contributed by atoms with van der Waals surface area (Å²) in [6.45, 7) is 5.94. The van der Waals surface area contributed by atoms with E-state index in [1.165, 1.54) is 4.90 Å². The minimum atomic E-state index is -0.499. The lowest BCUT2D eigenvalue weighted by Crippen LogP contribution is -2.54. The third-order valence-corrected chi connectivity index (χ3v) is 6.11. The topological polar surface area (TPSA) is 54.3 Å². The van der Waals surface area contributed by atoms with E-state index in [0.29, 0.717) is 10.7 Å². The van der Waals surface area contributed by atoms with E-state index < -0.39 is 11.8 Å². The fourth-order valence-corrected chi connectivity index (χ4v) is 4.38. The zero-order valence-electron chi connectivity index (χ0n) is 18.0. The Bertz CT molecular complexity index is 1270. The molecule has 1 saturated heterocycles. The maximum absolute atomic E-state index is 13.4. The van der Waals surface area contributed by atoms with E-state index in [9.17, 15) is 9.59 Å². The van der Waals surface area contributed by atoms with Crippen molar-refractivity contribution in [1.29, 1.82) is 0 Å². The highest BCUT2D eigenvalue weighted by molar-refractivity contribution is 7.80. The van der Waals surface area contributed by atoms with Gasteiger partial charge in [-0.2, -0.15) is 0 Å². The number of carbonyl (C=O) groups is 2. The second-order valence-corrected chi connectivity index (χ2v) is 8.40. The molecule has 2 aromatic carbocycles. The van der Waals surface area contributed by atoms with E-state index in [2.05, 4.69) is 9.88 Å². The van der Waals surface area contributed by atoms with Crippen molar-refractivity contribution in [3.8, 4) is 5.69 Å². The first-order valence-electron chi connectivity index (χ1n) is 10.3. The monoisotopic (exact) mass is 463 g/mol. The largest absolute Gasteiger partial charge is 0.318 e. The molecule has 2 amide bonds. The Morgan fingerprint density at radius 2 is 1.75 bits per heavy atom. The molecule has 0 aliphatic carbocycles. The highest BCUT2D eigenvalue weighted by Gasteiger charge is 2.35. The predicted molar refractivity (Wildman–Crippen MR) is 132 cm³/mol. The van der Waals surface area contributed by atoms with Crippen molar-refractivity contribution in [3.05, 3.63) is 87.7 Å². The zero-order chi connectivity index (χ0) is 23.0. The van der Waals surface area contributed by atoms with E-state index in [1.807, 2.05) is 75.4 Å². The zero-order valence-corrected chi connectivity index (χ0v) is 19.6. The molecule has 7 heteroatoms. The Hall–Kier alpha value is -3.22. The van der Waals surface area contributed by atoms with Gasteiger partial charge in [0.2, 0.25) is 0 Å². The lowest BCUT2D eigenvalue weighted by Gasteiger charge is -2.30. The number of para-hydroxylation sites is 1. The van der Waals surface area contributed by atoms with Crippen LogP contribution in [0, 0.1) is 13.8 Å². The second-order valence-electron chi connectivity index (χ2n) is 7.58. The molecule has 1 fully saturated rings. The molecule has 0 saturated carbocycles. The molecule has 0 unspecified atom stereocenters. The summed E-state index contributed by atoms with van der Waals surface area (Å²) in [4.78, 5) is 27.5. The van der Waals surface area contributed by atoms with Crippen LogP contribution in [-0.4, -0.2) is 21.5 Å². The van der Waals surface area contributed by atoms with Crippen molar-refractivity contribution in [2.45, 2.75) is 27.2 Å². The lowest BCUT2D eigenvalue weighted by atomic mass is 10.0. The minimum absolute atomic E-state index is 0.0425. The van der Waals surface area contributed by atoms with Gasteiger partial charge in [-0.3, -0.25) is 19.8 Å². The van der Waals surface area contributed by atoms with Gasteiger partial charge in [-0.05, 0) is 86.1 Å². The van der Waals surface area contributed by atoms with E-state index in [-0.39, 0.29) is 10.7 Å². The molecular formula is C25H22ClN3O2S.